The lowest BCUT2D eigenvalue weighted by Gasteiger charge is -2.45. The summed E-state index contributed by atoms with van der Waals surface area (Å²) in [6, 6.07) is 11.1. The number of rotatable bonds is 5. The number of hydrogen-bond donors (Lipinski definition) is 1. The highest BCUT2D eigenvalue weighted by atomic mass is 32.1. The first-order valence-electron chi connectivity index (χ1n) is 11.7. The molecule has 0 radical (unpaired) electrons. The molecular weight excluding hydrogens is 462 g/mol. The number of nitrogens with zero attached hydrogens (tertiary/aromatic N) is 2. The van der Waals surface area contributed by atoms with Crippen LogP contribution >= 0.6 is 12.2 Å². The van der Waals surface area contributed by atoms with E-state index in [9.17, 15) is 9.59 Å². The second kappa shape index (κ2) is 9.34. The van der Waals surface area contributed by atoms with Gasteiger partial charge in [0.05, 0.1) is 19.4 Å². The van der Waals surface area contributed by atoms with E-state index in [2.05, 4.69) is 38.0 Å². The number of ether oxygens (including phenoxy) is 2. The highest BCUT2D eigenvalue weighted by Crippen LogP contribution is 2.45. The van der Waals surface area contributed by atoms with Crippen LogP contribution in [0.3, 0.4) is 0 Å². The van der Waals surface area contributed by atoms with Crippen LogP contribution in [0, 0.1) is 0 Å². The molecule has 1 unspecified atom stereocenters. The molecule has 1 fully saturated rings. The Bertz CT molecular complexity index is 1240. The number of carbonyl (C=O) groups is 2. The molecule has 184 valence electrons. The smallest absolute Gasteiger partial charge is 0.270 e. The van der Waals surface area contributed by atoms with Crippen molar-refractivity contribution in [2.24, 2.45) is 0 Å². The molecule has 2 aromatic carbocycles. The number of benzene rings is 2. The molecule has 1 N–H and O–H groups in total. The molecule has 1 atom stereocenters. The first kappa shape index (κ1) is 24.7. The minimum absolute atomic E-state index is 0.00283. The van der Waals surface area contributed by atoms with Gasteiger partial charge in [-0.05, 0) is 75.2 Å². The van der Waals surface area contributed by atoms with E-state index in [4.69, 9.17) is 21.7 Å². The van der Waals surface area contributed by atoms with Crippen LogP contribution in [-0.2, 0) is 9.59 Å². The number of thiocarbonyl (C=S) groups is 1. The second-order valence-corrected chi connectivity index (χ2v) is 9.90. The second-order valence-electron chi connectivity index (χ2n) is 9.52. The molecule has 0 bridgehead atoms. The van der Waals surface area contributed by atoms with Crippen molar-refractivity contribution in [2.45, 2.75) is 45.6 Å². The van der Waals surface area contributed by atoms with Crippen LogP contribution in [0.25, 0.3) is 6.08 Å². The minimum atomic E-state index is -0.539. The molecule has 4 rings (SSSR count). The lowest BCUT2D eigenvalue weighted by Crippen LogP contribution is -2.54. The summed E-state index contributed by atoms with van der Waals surface area (Å²) in [5.74, 6) is 0.467. The zero-order chi connectivity index (χ0) is 25.5. The van der Waals surface area contributed by atoms with E-state index in [0.29, 0.717) is 35.3 Å². The van der Waals surface area contributed by atoms with Gasteiger partial charge in [-0.2, -0.15) is 0 Å². The summed E-state index contributed by atoms with van der Waals surface area (Å²) in [6.07, 6.45) is 2.57. The fraction of sp³-hybridized carbons (Fsp3) is 0.370. The van der Waals surface area contributed by atoms with Crippen molar-refractivity contribution in [1.82, 2.24) is 5.32 Å². The highest BCUT2D eigenvalue weighted by Gasteiger charge is 2.37. The Hall–Kier alpha value is -3.39. The van der Waals surface area contributed by atoms with Crippen molar-refractivity contribution >= 4 is 46.6 Å². The predicted octanol–water partition coefficient (Wildman–Crippen LogP) is 4.65. The topological polar surface area (TPSA) is 71.1 Å². The van der Waals surface area contributed by atoms with Crippen LogP contribution in [0.5, 0.6) is 11.5 Å². The number of fused-ring (bicyclic) bond motifs is 1. The van der Waals surface area contributed by atoms with Crippen molar-refractivity contribution < 1.29 is 19.1 Å². The summed E-state index contributed by atoms with van der Waals surface area (Å²) in [5.41, 5.74) is 3.41. The Morgan fingerprint density at radius 2 is 1.97 bits per heavy atom. The average Bonchev–Trinajstić information content (AvgIpc) is 2.80. The standard InChI is InChI=1S/C27H31N3O4S/c1-7-34-19-10-8-9-18(13-19)30-25(32)21(24(31)28-26(30)35)12-17-11-20-16(2)15-27(3,4)29(5)22(20)14-23(17)33-6/h8-14,16H,7,15H2,1-6H3,(H,28,31,35)/b21-12-. The summed E-state index contributed by atoms with van der Waals surface area (Å²) in [6.45, 7) is 9.01. The molecule has 7 nitrogen and oxygen atoms in total. The predicted molar refractivity (Wildman–Crippen MR) is 142 cm³/mol. The first-order valence-corrected chi connectivity index (χ1v) is 12.1. The van der Waals surface area contributed by atoms with Crippen molar-refractivity contribution in [3.63, 3.8) is 0 Å². The van der Waals surface area contributed by atoms with Crippen LogP contribution in [0.4, 0.5) is 11.4 Å². The van der Waals surface area contributed by atoms with Gasteiger partial charge in [0.25, 0.3) is 11.8 Å². The van der Waals surface area contributed by atoms with Gasteiger partial charge in [-0.25, -0.2) is 0 Å². The molecule has 0 saturated carbocycles. The molecule has 0 spiro atoms. The van der Waals surface area contributed by atoms with Crippen molar-refractivity contribution in [2.75, 3.05) is 30.6 Å². The molecule has 2 aromatic rings. The number of amides is 2. The van der Waals surface area contributed by atoms with E-state index in [1.54, 1.807) is 37.5 Å². The quantitative estimate of drug-likeness (QED) is 0.372. The Kier molecular flexibility index (Phi) is 6.60. The summed E-state index contributed by atoms with van der Waals surface area (Å²) in [7, 11) is 3.67. The molecule has 35 heavy (non-hydrogen) atoms. The van der Waals surface area contributed by atoms with Crippen LogP contribution in [-0.4, -0.2) is 43.2 Å². The van der Waals surface area contributed by atoms with Crippen molar-refractivity contribution in [3.8, 4) is 11.5 Å². The van der Waals surface area contributed by atoms with Gasteiger partial charge in [0.1, 0.15) is 17.1 Å². The molecule has 0 aliphatic carbocycles. The van der Waals surface area contributed by atoms with Gasteiger partial charge < -0.3 is 14.4 Å². The Morgan fingerprint density at radius 1 is 1.23 bits per heavy atom. The molecule has 2 heterocycles. The molecule has 1 saturated heterocycles. The average molecular weight is 494 g/mol. The summed E-state index contributed by atoms with van der Waals surface area (Å²) in [4.78, 5) is 30.0. The number of carbonyl (C=O) groups excluding carboxylic acids is 2. The molecule has 0 aromatic heterocycles. The molecule has 2 aliphatic rings. The normalized spacial score (nSPS) is 20.6. The maximum absolute atomic E-state index is 13.5. The number of methoxy groups -OCH3 is 1. The molecule has 8 heteroatoms. The van der Waals surface area contributed by atoms with Gasteiger partial charge in [-0.1, -0.05) is 13.0 Å². The van der Waals surface area contributed by atoms with Crippen molar-refractivity contribution in [1.29, 1.82) is 0 Å². The van der Waals surface area contributed by atoms with Crippen LogP contribution < -0.4 is 24.6 Å². The van der Waals surface area contributed by atoms with E-state index >= 15 is 0 Å². The zero-order valence-corrected chi connectivity index (χ0v) is 21.8. The Morgan fingerprint density at radius 3 is 2.66 bits per heavy atom. The van der Waals surface area contributed by atoms with E-state index in [-0.39, 0.29) is 16.2 Å². The third-order valence-electron chi connectivity index (χ3n) is 6.77. The van der Waals surface area contributed by atoms with E-state index < -0.39 is 11.8 Å². The Balaban J connectivity index is 1.78. The maximum Gasteiger partial charge on any atom is 0.270 e. The lowest BCUT2D eigenvalue weighted by molar-refractivity contribution is -0.122. The Labute approximate surface area is 211 Å². The fourth-order valence-electron chi connectivity index (χ4n) is 4.83. The number of nitrogens with one attached hydrogen (secondary N) is 1. The van der Waals surface area contributed by atoms with E-state index in [1.807, 2.05) is 19.1 Å². The van der Waals surface area contributed by atoms with Gasteiger partial charge in [-0.15, -0.1) is 0 Å². The van der Waals surface area contributed by atoms with Gasteiger partial charge in [-0.3, -0.25) is 19.8 Å². The lowest BCUT2D eigenvalue weighted by atomic mass is 9.79. The maximum atomic E-state index is 13.5. The summed E-state index contributed by atoms with van der Waals surface area (Å²) < 4.78 is 11.2. The van der Waals surface area contributed by atoms with Crippen LogP contribution in [0.1, 0.15) is 51.2 Å². The van der Waals surface area contributed by atoms with Gasteiger partial charge in [0.2, 0.25) is 0 Å². The number of anilines is 2. The van der Waals surface area contributed by atoms with Crippen LogP contribution in [0.2, 0.25) is 0 Å². The summed E-state index contributed by atoms with van der Waals surface area (Å²) >= 11 is 5.34. The van der Waals surface area contributed by atoms with E-state index in [0.717, 1.165) is 17.7 Å². The van der Waals surface area contributed by atoms with Gasteiger partial charge in [0.15, 0.2) is 5.11 Å². The van der Waals surface area contributed by atoms with Gasteiger partial charge >= 0.3 is 0 Å². The highest BCUT2D eigenvalue weighted by molar-refractivity contribution is 7.80. The van der Waals surface area contributed by atoms with E-state index in [1.165, 1.54) is 4.90 Å². The van der Waals surface area contributed by atoms with Crippen LogP contribution in [0.15, 0.2) is 42.0 Å². The molecular formula is C27H31N3O4S. The zero-order valence-electron chi connectivity index (χ0n) is 21.0. The number of hydrogen-bond acceptors (Lipinski definition) is 6. The first-order chi connectivity index (χ1) is 16.6. The third kappa shape index (κ3) is 4.50. The molecule has 2 amide bonds. The fourth-order valence-corrected chi connectivity index (χ4v) is 5.11. The monoisotopic (exact) mass is 493 g/mol. The minimum Gasteiger partial charge on any atom is -0.496 e. The molecule has 2 aliphatic heterocycles. The van der Waals surface area contributed by atoms with Gasteiger partial charge in [0, 0.05) is 36.0 Å². The van der Waals surface area contributed by atoms with Crippen molar-refractivity contribution in [3.05, 3.63) is 53.1 Å². The largest absolute Gasteiger partial charge is 0.496 e. The summed E-state index contributed by atoms with van der Waals surface area (Å²) in [5, 5.41) is 2.67. The third-order valence-corrected chi connectivity index (χ3v) is 7.06. The SMILES string of the molecule is CCOc1cccc(N2C(=O)/C(=C\c3cc4c(cc3OC)N(C)C(C)(C)CC4C)C(=O)NC2=S)c1.